The summed E-state index contributed by atoms with van der Waals surface area (Å²) >= 11 is 0. The predicted octanol–water partition coefficient (Wildman–Crippen LogP) is 6.43. The Balaban J connectivity index is 6.31. The molecule has 0 rings (SSSR count). The van der Waals surface area contributed by atoms with Gasteiger partial charge in [-0.1, -0.05) is 0 Å². The minimum atomic E-state index is -1.76. The Morgan fingerprint density at radius 1 is 0.529 bits per heavy atom. The molecule has 98 valence electrons. The van der Waals surface area contributed by atoms with Crippen molar-refractivity contribution in [3.05, 3.63) is 45.6 Å². The van der Waals surface area contributed by atoms with Crippen molar-refractivity contribution in [3.8, 4) is 0 Å². The van der Waals surface area contributed by atoms with Crippen molar-refractivity contribution < 1.29 is 0 Å². The number of hydrogen-bond acceptors (Lipinski definition) is 0. The van der Waals surface area contributed by atoms with Crippen LogP contribution in [-0.2, 0) is 0 Å². The monoisotopic (exact) mass is 252 g/mol. The summed E-state index contributed by atoms with van der Waals surface area (Å²) in [6.45, 7) is 17.8. The average molecular weight is 252 g/mol. The molecule has 0 aromatic rings. The summed E-state index contributed by atoms with van der Waals surface area (Å²) in [5.74, 6) is 0. The quantitative estimate of drug-likeness (QED) is 0.506. The predicted molar refractivity (Wildman–Crippen MR) is 86.0 cm³/mol. The molecule has 0 bridgehead atoms. The Morgan fingerprint density at radius 3 is 0.824 bits per heavy atom. The molecular formula is C16H29P. The van der Waals surface area contributed by atoms with Gasteiger partial charge < -0.3 is 0 Å². The van der Waals surface area contributed by atoms with E-state index in [-0.39, 0.29) is 0 Å². The molecule has 1 heteroatoms. The van der Waals surface area contributed by atoms with Gasteiger partial charge in [-0.05, 0) is 0 Å². The van der Waals surface area contributed by atoms with Gasteiger partial charge in [-0.2, -0.15) is 0 Å². The van der Waals surface area contributed by atoms with E-state index >= 15 is 0 Å². The van der Waals surface area contributed by atoms with E-state index in [0.29, 0.717) is 0 Å². The fourth-order valence-electron chi connectivity index (χ4n) is 2.73. The molecule has 0 amide bonds. The number of allylic oxidation sites excluding steroid dienone is 8. The third kappa shape index (κ3) is 2.80. The summed E-state index contributed by atoms with van der Waals surface area (Å²) in [6.07, 6.45) is 9.16. The van der Waals surface area contributed by atoms with Crippen LogP contribution < -0.4 is 0 Å². The van der Waals surface area contributed by atoms with Gasteiger partial charge in [0.2, 0.25) is 0 Å². The van der Waals surface area contributed by atoms with Gasteiger partial charge in [0, 0.05) is 0 Å². The van der Waals surface area contributed by atoms with Crippen molar-refractivity contribution in [2.75, 3.05) is 0 Å². The summed E-state index contributed by atoms with van der Waals surface area (Å²) in [5, 5.41) is 6.16. The Bertz CT molecular complexity index is 301. The van der Waals surface area contributed by atoms with E-state index in [0.717, 1.165) is 0 Å². The maximum atomic E-state index is 2.29. The molecule has 0 spiro atoms. The van der Waals surface area contributed by atoms with Crippen LogP contribution in [0.3, 0.4) is 0 Å². The molecule has 0 aliphatic rings. The molecule has 0 radical (unpaired) electrons. The number of hydrogen-bond donors (Lipinski definition) is 0. The Kier molecular flexibility index (Phi) is 6.72. The van der Waals surface area contributed by atoms with Crippen LogP contribution in [-0.4, -0.2) is 0 Å². The molecule has 0 atom stereocenters. The van der Waals surface area contributed by atoms with Crippen LogP contribution in [0.4, 0.5) is 0 Å². The van der Waals surface area contributed by atoms with Crippen molar-refractivity contribution in [2.45, 2.75) is 55.4 Å². The third-order valence-electron chi connectivity index (χ3n) is 4.10. The minimum absolute atomic E-state index is 1.54. The van der Waals surface area contributed by atoms with Crippen molar-refractivity contribution in [1.82, 2.24) is 0 Å². The summed E-state index contributed by atoms with van der Waals surface area (Å²) in [6, 6.07) is 0. The van der Waals surface area contributed by atoms with Crippen molar-refractivity contribution in [1.29, 1.82) is 0 Å². The molecule has 0 saturated carbocycles. The second-order valence-electron chi connectivity index (χ2n) is 4.64. The third-order valence-corrected chi connectivity index (χ3v) is 9.98. The van der Waals surface area contributed by atoms with E-state index in [4.69, 9.17) is 0 Å². The molecular weight excluding hydrogens is 223 g/mol. The van der Waals surface area contributed by atoms with Gasteiger partial charge >= 0.3 is 108 Å². The zero-order valence-electron chi connectivity index (χ0n) is 12.8. The molecule has 17 heavy (non-hydrogen) atoms. The van der Waals surface area contributed by atoms with E-state index in [9.17, 15) is 0 Å². The SMILES string of the molecule is C/C=C(/C)[PH](/C(C)=C\C)(/C(C)=C\C)/C(C)=C\C. The first kappa shape index (κ1) is 16.4. The first-order valence-electron chi connectivity index (χ1n) is 6.46. The summed E-state index contributed by atoms with van der Waals surface area (Å²) < 4.78 is 0. The summed E-state index contributed by atoms with van der Waals surface area (Å²) in [7, 11) is -1.76. The molecule has 0 unspecified atom stereocenters. The summed E-state index contributed by atoms with van der Waals surface area (Å²) in [5.41, 5.74) is 0. The van der Waals surface area contributed by atoms with Gasteiger partial charge in [0.25, 0.3) is 0 Å². The molecule has 0 heterocycles. The van der Waals surface area contributed by atoms with Crippen LogP contribution in [0.15, 0.2) is 45.6 Å². The fraction of sp³-hybridized carbons (Fsp3) is 0.500. The van der Waals surface area contributed by atoms with E-state index in [1.165, 1.54) is 0 Å². The second-order valence-corrected chi connectivity index (χ2v) is 9.29. The van der Waals surface area contributed by atoms with Gasteiger partial charge in [-0.25, -0.2) is 0 Å². The average Bonchev–Trinajstić information content (AvgIpc) is 2.37. The van der Waals surface area contributed by atoms with E-state index in [1.807, 2.05) is 0 Å². The van der Waals surface area contributed by atoms with Crippen molar-refractivity contribution >= 4 is 7.26 Å². The molecule has 0 nitrogen and oxygen atoms in total. The first-order chi connectivity index (χ1) is 7.93. The van der Waals surface area contributed by atoms with Crippen LogP contribution in [0.2, 0.25) is 0 Å². The van der Waals surface area contributed by atoms with E-state index in [2.05, 4.69) is 79.7 Å². The molecule has 0 aliphatic heterocycles. The molecule has 0 aromatic heterocycles. The van der Waals surface area contributed by atoms with Crippen LogP contribution in [0.25, 0.3) is 0 Å². The van der Waals surface area contributed by atoms with Gasteiger partial charge in [0.1, 0.15) is 0 Å². The normalized spacial score (nSPS) is 17.4. The molecule has 0 N–H and O–H groups in total. The Labute approximate surface area is 109 Å². The van der Waals surface area contributed by atoms with Crippen molar-refractivity contribution in [2.24, 2.45) is 0 Å². The van der Waals surface area contributed by atoms with Crippen LogP contribution in [0.5, 0.6) is 0 Å². The zero-order valence-corrected chi connectivity index (χ0v) is 13.8. The van der Waals surface area contributed by atoms with Gasteiger partial charge in [0.15, 0.2) is 0 Å². The van der Waals surface area contributed by atoms with E-state index < -0.39 is 7.26 Å². The Hall–Kier alpha value is -0.610. The van der Waals surface area contributed by atoms with Gasteiger partial charge in [0.05, 0.1) is 0 Å². The van der Waals surface area contributed by atoms with Crippen molar-refractivity contribution in [3.63, 3.8) is 0 Å². The number of rotatable bonds is 4. The van der Waals surface area contributed by atoms with Gasteiger partial charge in [-0.3, -0.25) is 0 Å². The fourth-order valence-corrected chi connectivity index (χ4v) is 8.20. The van der Waals surface area contributed by atoms with Gasteiger partial charge in [-0.15, -0.1) is 0 Å². The standard InChI is InChI=1S/C16H29P/c1-9-13(5)17(14(6)10-2,15(7)11-3)16(8)12-4/h9-12,17H,1-8H3/b13-9-,14-10-,15-11-,16-12-. The molecule has 0 fully saturated rings. The maximum absolute atomic E-state index is 2.29. The van der Waals surface area contributed by atoms with E-state index in [1.54, 1.807) is 21.3 Å². The van der Waals surface area contributed by atoms with Crippen LogP contribution in [0, 0.1) is 0 Å². The van der Waals surface area contributed by atoms with Crippen LogP contribution in [0.1, 0.15) is 55.4 Å². The molecule has 0 aromatic carbocycles. The molecule has 0 aliphatic carbocycles. The first-order valence-corrected chi connectivity index (χ1v) is 8.46. The topological polar surface area (TPSA) is 0 Å². The Morgan fingerprint density at radius 2 is 0.706 bits per heavy atom. The molecule has 0 saturated heterocycles. The zero-order chi connectivity index (χ0) is 13.6. The summed E-state index contributed by atoms with van der Waals surface area (Å²) in [4.78, 5) is 0. The second kappa shape index (κ2) is 6.97. The van der Waals surface area contributed by atoms with Crippen LogP contribution >= 0.6 is 7.26 Å².